The SMILES string of the molecule is Cc1ccc(S(=O)(=O)N2c3ccc(C(=O)NC4CCCCCCC4)cc3C[C@@H]2C)cc1. The minimum Gasteiger partial charge on any atom is -0.349 e. The van der Waals surface area contributed by atoms with E-state index in [2.05, 4.69) is 5.32 Å². The smallest absolute Gasteiger partial charge is 0.264 e. The van der Waals surface area contributed by atoms with Crippen LogP contribution >= 0.6 is 0 Å². The largest absolute Gasteiger partial charge is 0.349 e. The van der Waals surface area contributed by atoms with Crippen LogP contribution in [0.4, 0.5) is 5.69 Å². The highest BCUT2D eigenvalue weighted by Crippen LogP contribution is 2.37. The van der Waals surface area contributed by atoms with Crippen molar-refractivity contribution in [3.8, 4) is 0 Å². The van der Waals surface area contributed by atoms with E-state index >= 15 is 0 Å². The molecule has 0 spiro atoms. The van der Waals surface area contributed by atoms with E-state index in [1.807, 2.05) is 32.0 Å². The predicted octanol–water partition coefficient (Wildman–Crippen LogP) is 4.98. The van der Waals surface area contributed by atoms with E-state index in [0.29, 0.717) is 22.6 Å². The molecule has 0 bridgehead atoms. The molecule has 1 fully saturated rings. The lowest BCUT2D eigenvalue weighted by molar-refractivity contribution is 0.0930. The van der Waals surface area contributed by atoms with Gasteiger partial charge in [0.05, 0.1) is 10.6 Å². The lowest BCUT2D eigenvalue weighted by atomic mass is 9.96. The van der Waals surface area contributed by atoms with E-state index < -0.39 is 10.0 Å². The summed E-state index contributed by atoms with van der Waals surface area (Å²) in [5.74, 6) is -0.0548. The van der Waals surface area contributed by atoms with Crippen molar-refractivity contribution < 1.29 is 13.2 Å². The highest BCUT2D eigenvalue weighted by Gasteiger charge is 2.36. The van der Waals surface area contributed by atoms with Gasteiger partial charge < -0.3 is 5.32 Å². The maximum atomic E-state index is 13.3. The number of carbonyl (C=O) groups excluding carboxylic acids is 1. The molecule has 6 heteroatoms. The summed E-state index contributed by atoms with van der Waals surface area (Å²) in [7, 11) is -3.65. The summed E-state index contributed by atoms with van der Waals surface area (Å²) >= 11 is 0. The Kier molecular flexibility index (Phi) is 6.37. The van der Waals surface area contributed by atoms with Gasteiger partial charge in [0.25, 0.3) is 15.9 Å². The summed E-state index contributed by atoms with van der Waals surface area (Å²) in [6.45, 7) is 3.85. The molecule has 2 aromatic carbocycles. The number of anilines is 1. The standard InChI is InChI=1S/C25H32N2O3S/c1-18-10-13-23(14-11-18)31(29,30)27-19(2)16-21-17-20(12-15-24(21)27)25(28)26-22-8-6-4-3-5-7-9-22/h10-15,17,19,22H,3-9,16H2,1-2H3,(H,26,28)/t19-/m0/s1. The van der Waals surface area contributed by atoms with Crippen molar-refractivity contribution in [2.75, 3.05) is 4.31 Å². The Balaban J connectivity index is 1.54. The van der Waals surface area contributed by atoms with E-state index in [-0.39, 0.29) is 18.0 Å². The summed E-state index contributed by atoms with van der Waals surface area (Å²) in [6, 6.07) is 12.4. The average molecular weight is 441 g/mol. The number of rotatable bonds is 4. The Bertz CT molecular complexity index is 1040. The summed E-state index contributed by atoms with van der Waals surface area (Å²) in [6.07, 6.45) is 8.79. The number of amides is 1. The predicted molar refractivity (Wildman–Crippen MR) is 124 cm³/mol. The molecule has 0 saturated heterocycles. The van der Waals surface area contributed by atoms with E-state index in [9.17, 15) is 13.2 Å². The van der Waals surface area contributed by atoms with Crippen LogP contribution in [0.2, 0.25) is 0 Å². The lowest BCUT2D eigenvalue weighted by Crippen LogP contribution is -2.36. The Morgan fingerprint density at radius 2 is 1.61 bits per heavy atom. The van der Waals surface area contributed by atoms with E-state index in [1.165, 1.54) is 36.4 Å². The number of benzene rings is 2. The summed E-state index contributed by atoms with van der Waals surface area (Å²) in [5.41, 5.74) is 3.22. The topological polar surface area (TPSA) is 66.5 Å². The molecule has 1 N–H and O–H groups in total. The van der Waals surface area contributed by atoms with E-state index in [4.69, 9.17) is 0 Å². The second kappa shape index (κ2) is 9.03. The van der Waals surface area contributed by atoms with E-state index in [1.54, 1.807) is 24.3 Å². The molecule has 1 atom stereocenters. The van der Waals surface area contributed by atoms with Gasteiger partial charge in [-0.15, -0.1) is 0 Å². The molecule has 2 aromatic rings. The fourth-order valence-electron chi connectivity index (χ4n) is 4.80. The fourth-order valence-corrected chi connectivity index (χ4v) is 6.50. The van der Waals surface area contributed by atoms with Gasteiger partial charge in [0.2, 0.25) is 0 Å². The second-order valence-electron chi connectivity index (χ2n) is 9.03. The molecule has 5 nitrogen and oxygen atoms in total. The molecular formula is C25H32N2O3S. The zero-order valence-corrected chi connectivity index (χ0v) is 19.2. The molecule has 166 valence electrons. The molecular weight excluding hydrogens is 408 g/mol. The van der Waals surface area contributed by atoms with Crippen LogP contribution < -0.4 is 9.62 Å². The van der Waals surface area contributed by atoms with Crippen LogP contribution in [-0.2, 0) is 16.4 Å². The molecule has 0 aromatic heterocycles. The molecule has 4 rings (SSSR count). The van der Waals surface area contributed by atoms with Crippen LogP contribution in [0.25, 0.3) is 0 Å². The maximum Gasteiger partial charge on any atom is 0.264 e. The first-order chi connectivity index (χ1) is 14.9. The highest BCUT2D eigenvalue weighted by atomic mass is 32.2. The normalized spacial score (nSPS) is 20.1. The molecule has 1 aliphatic heterocycles. The van der Waals surface area contributed by atoms with Gasteiger partial charge in [-0.2, -0.15) is 0 Å². The van der Waals surface area contributed by atoms with Gasteiger partial charge in [-0.3, -0.25) is 9.10 Å². The van der Waals surface area contributed by atoms with Crippen LogP contribution in [0.15, 0.2) is 47.4 Å². The molecule has 1 saturated carbocycles. The van der Waals surface area contributed by atoms with Crippen molar-refractivity contribution in [2.24, 2.45) is 0 Å². The number of fused-ring (bicyclic) bond motifs is 1. The van der Waals surface area contributed by atoms with Crippen molar-refractivity contribution in [3.05, 3.63) is 59.2 Å². The van der Waals surface area contributed by atoms with Crippen molar-refractivity contribution in [1.82, 2.24) is 5.32 Å². The van der Waals surface area contributed by atoms with Gasteiger partial charge in [-0.25, -0.2) is 8.42 Å². The molecule has 0 radical (unpaired) electrons. The van der Waals surface area contributed by atoms with Crippen molar-refractivity contribution >= 4 is 21.6 Å². The molecule has 1 aliphatic carbocycles. The monoisotopic (exact) mass is 440 g/mol. The Labute approximate surface area is 185 Å². The maximum absolute atomic E-state index is 13.3. The zero-order chi connectivity index (χ0) is 22.0. The number of nitrogens with one attached hydrogen (secondary N) is 1. The van der Waals surface area contributed by atoms with Crippen LogP contribution in [0, 0.1) is 6.92 Å². The number of sulfonamides is 1. The van der Waals surface area contributed by atoms with Crippen LogP contribution in [0.1, 0.15) is 73.4 Å². The number of hydrogen-bond acceptors (Lipinski definition) is 3. The average Bonchev–Trinajstić information content (AvgIpc) is 3.05. The number of hydrogen-bond donors (Lipinski definition) is 1. The van der Waals surface area contributed by atoms with Crippen LogP contribution in [0.3, 0.4) is 0 Å². The third-order valence-corrected chi connectivity index (χ3v) is 8.46. The first kappa shape index (κ1) is 21.9. The van der Waals surface area contributed by atoms with Gasteiger partial charge in [0.1, 0.15) is 0 Å². The fraction of sp³-hybridized carbons (Fsp3) is 0.480. The first-order valence-electron chi connectivity index (χ1n) is 11.4. The molecule has 1 amide bonds. The van der Waals surface area contributed by atoms with Crippen LogP contribution in [-0.4, -0.2) is 26.4 Å². The highest BCUT2D eigenvalue weighted by molar-refractivity contribution is 7.92. The third kappa shape index (κ3) is 4.64. The Morgan fingerprint density at radius 3 is 2.29 bits per heavy atom. The molecule has 0 unspecified atom stereocenters. The number of nitrogens with zero attached hydrogens (tertiary/aromatic N) is 1. The van der Waals surface area contributed by atoms with Crippen molar-refractivity contribution in [1.29, 1.82) is 0 Å². The van der Waals surface area contributed by atoms with Gasteiger partial charge in [-0.1, -0.05) is 49.8 Å². The quantitative estimate of drug-likeness (QED) is 0.729. The van der Waals surface area contributed by atoms with Crippen molar-refractivity contribution in [3.63, 3.8) is 0 Å². The van der Waals surface area contributed by atoms with Crippen LogP contribution in [0.5, 0.6) is 0 Å². The van der Waals surface area contributed by atoms with Gasteiger partial charge >= 0.3 is 0 Å². The van der Waals surface area contributed by atoms with Crippen molar-refractivity contribution in [2.45, 2.75) is 82.2 Å². The van der Waals surface area contributed by atoms with E-state index in [0.717, 1.165) is 24.0 Å². The summed E-state index contributed by atoms with van der Waals surface area (Å²) < 4.78 is 28.1. The number of aryl methyl sites for hydroxylation is 1. The van der Waals surface area contributed by atoms with Gasteiger partial charge in [0.15, 0.2) is 0 Å². The minimum absolute atomic E-state index is 0.0548. The zero-order valence-electron chi connectivity index (χ0n) is 18.4. The Hall–Kier alpha value is -2.34. The molecule has 2 aliphatic rings. The summed E-state index contributed by atoms with van der Waals surface area (Å²) in [5, 5.41) is 3.21. The lowest BCUT2D eigenvalue weighted by Gasteiger charge is -2.24. The first-order valence-corrected chi connectivity index (χ1v) is 12.8. The Morgan fingerprint density at radius 1 is 0.968 bits per heavy atom. The molecule has 1 heterocycles. The number of carbonyl (C=O) groups is 1. The third-order valence-electron chi connectivity index (χ3n) is 6.51. The minimum atomic E-state index is -3.65. The van der Waals surface area contributed by atoms with Gasteiger partial charge in [-0.05, 0) is 69.0 Å². The van der Waals surface area contributed by atoms with Gasteiger partial charge in [0, 0.05) is 17.6 Å². The summed E-state index contributed by atoms with van der Waals surface area (Å²) in [4.78, 5) is 13.2. The molecule has 31 heavy (non-hydrogen) atoms. The second-order valence-corrected chi connectivity index (χ2v) is 10.8.